The highest BCUT2D eigenvalue weighted by Gasteiger charge is 1.99. The number of carboxylic acids is 1. The van der Waals surface area contributed by atoms with Gasteiger partial charge in [-0.05, 0) is 19.4 Å². The molecule has 0 saturated carbocycles. The van der Waals surface area contributed by atoms with Crippen LogP contribution in [0.25, 0.3) is 0 Å². The molecule has 3 heteroatoms. The lowest BCUT2D eigenvalue weighted by molar-refractivity contribution is -0.137. The largest absolute Gasteiger partial charge is 0.481 e. The average Bonchev–Trinajstić information content (AvgIpc) is 1.87. The van der Waals surface area contributed by atoms with Crippen molar-refractivity contribution >= 4 is 11.8 Å². The number of carbonyl (C=O) groups is 2. The van der Waals surface area contributed by atoms with Gasteiger partial charge >= 0.3 is 5.97 Å². The first kappa shape index (κ1) is 9.88. The maximum Gasteiger partial charge on any atom is 0.303 e. The van der Waals surface area contributed by atoms with Crippen LogP contribution in [0.15, 0.2) is 12.2 Å². The zero-order chi connectivity index (χ0) is 8.69. The van der Waals surface area contributed by atoms with Gasteiger partial charge in [-0.2, -0.15) is 0 Å². The molecule has 11 heavy (non-hydrogen) atoms. The zero-order valence-electron chi connectivity index (χ0n) is 6.54. The van der Waals surface area contributed by atoms with E-state index in [1.165, 1.54) is 6.08 Å². The van der Waals surface area contributed by atoms with Gasteiger partial charge < -0.3 is 5.11 Å². The highest BCUT2D eigenvalue weighted by Crippen LogP contribution is 1.96. The molecule has 0 aromatic heterocycles. The van der Waals surface area contributed by atoms with E-state index >= 15 is 0 Å². The Morgan fingerprint density at radius 3 is 2.45 bits per heavy atom. The van der Waals surface area contributed by atoms with Crippen LogP contribution >= 0.6 is 0 Å². The molecule has 0 aromatic rings. The molecule has 0 aliphatic carbocycles. The number of aliphatic carboxylic acids is 1. The van der Waals surface area contributed by atoms with E-state index in [0.29, 0.717) is 12.8 Å². The number of allylic oxidation sites excluding steroid dienone is 2. The first-order valence-corrected chi connectivity index (χ1v) is 3.54. The SMILES string of the molecule is CC=CC(=O)CCCC(=O)O. The summed E-state index contributed by atoms with van der Waals surface area (Å²) in [5.41, 5.74) is 0. The van der Waals surface area contributed by atoms with Gasteiger partial charge in [0.25, 0.3) is 0 Å². The van der Waals surface area contributed by atoms with Crippen molar-refractivity contribution in [2.45, 2.75) is 26.2 Å². The van der Waals surface area contributed by atoms with Crippen LogP contribution in [0.4, 0.5) is 0 Å². The third-order valence-corrected chi connectivity index (χ3v) is 1.17. The van der Waals surface area contributed by atoms with Gasteiger partial charge in [-0.1, -0.05) is 6.08 Å². The van der Waals surface area contributed by atoms with Crippen molar-refractivity contribution < 1.29 is 14.7 Å². The van der Waals surface area contributed by atoms with Gasteiger partial charge in [-0.25, -0.2) is 0 Å². The molecule has 0 heterocycles. The van der Waals surface area contributed by atoms with E-state index in [0.717, 1.165) is 0 Å². The Balaban J connectivity index is 3.39. The Bertz CT molecular complexity index is 170. The summed E-state index contributed by atoms with van der Waals surface area (Å²) < 4.78 is 0. The minimum Gasteiger partial charge on any atom is -0.481 e. The third kappa shape index (κ3) is 6.77. The highest BCUT2D eigenvalue weighted by atomic mass is 16.4. The second-order valence-corrected chi connectivity index (χ2v) is 2.21. The fourth-order valence-corrected chi connectivity index (χ4v) is 0.683. The van der Waals surface area contributed by atoms with Crippen molar-refractivity contribution in [2.24, 2.45) is 0 Å². The maximum absolute atomic E-state index is 10.7. The number of carboxylic acid groups (broad SMARTS) is 1. The highest BCUT2D eigenvalue weighted by molar-refractivity contribution is 5.89. The van der Waals surface area contributed by atoms with Crippen molar-refractivity contribution in [2.75, 3.05) is 0 Å². The maximum atomic E-state index is 10.7. The summed E-state index contributed by atoms with van der Waals surface area (Å²) in [7, 11) is 0. The number of ketones is 1. The molecule has 62 valence electrons. The van der Waals surface area contributed by atoms with Gasteiger partial charge in [-0.15, -0.1) is 0 Å². The fraction of sp³-hybridized carbons (Fsp3) is 0.500. The number of carbonyl (C=O) groups excluding carboxylic acids is 1. The Labute approximate surface area is 65.7 Å². The molecular formula is C8H12O3. The topological polar surface area (TPSA) is 54.4 Å². The second-order valence-electron chi connectivity index (χ2n) is 2.21. The molecule has 3 nitrogen and oxygen atoms in total. The predicted octanol–water partition coefficient (Wildman–Crippen LogP) is 1.39. The van der Waals surface area contributed by atoms with Crippen molar-refractivity contribution in [1.29, 1.82) is 0 Å². The van der Waals surface area contributed by atoms with Gasteiger partial charge in [0.2, 0.25) is 0 Å². The van der Waals surface area contributed by atoms with Crippen LogP contribution in [-0.2, 0) is 9.59 Å². The van der Waals surface area contributed by atoms with Gasteiger partial charge in [0, 0.05) is 12.8 Å². The summed E-state index contributed by atoms with van der Waals surface area (Å²) in [4.78, 5) is 20.8. The quantitative estimate of drug-likeness (QED) is 0.612. The Kier molecular flexibility index (Phi) is 5.07. The molecule has 0 atom stereocenters. The molecule has 0 spiro atoms. The summed E-state index contributed by atoms with van der Waals surface area (Å²) in [6, 6.07) is 0. The van der Waals surface area contributed by atoms with Gasteiger partial charge in [0.1, 0.15) is 0 Å². The van der Waals surface area contributed by atoms with Crippen LogP contribution in [0.1, 0.15) is 26.2 Å². The smallest absolute Gasteiger partial charge is 0.303 e. The van der Waals surface area contributed by atoms with Gasteiger partial charge in [0.05, 0.1) is 0 Å². The van der Waals surface area contributed by atoms with E-state index in [4.69, 9.17) is 5.11 Å². The van der Waals surface area contributed by atoms with Gasteiger partial charge in [-0.3, -0.25) is 9.59 Å². The number of rotatable bonds is 5. The Morgan fingerprint density at radius 2 is 2.00 bits per heavy atom. The molecule has 0 unspecified atom stereocenters. The molecule has 0 rings (SSSR count). The molecule has 0 saturated heterocycles. The summed E-state index contributed by atoms with van der Waals surface area (Å²) in [5, 5.41) is 8.23. The van der Waals surface area contributed by atoms with Crippen LogP contribution < -0.4 is 0 Å². The van der Waals surface area contributed by atoms with Gasteiger partial charge in [0.15, 0.2) is 5.78 Å². The van der Waals surface area contributed by atoms with E-state index in [9.17, 15) is 9.59 Å². The van der Waals surface area contributed by atoms with Crippen LogP contribution in [0.2, 0.25) is 0 Å². The lowest BCUT2D eigenvalue weighted by Gasteiger charge is -1.91. The van der Waals surface area contributed by atoms with E-state index in [2.05, 4.69) is 0 Å². The molecule has 0 fully saturated rings. The number of hydrogen-bond donors (Lipinski definition) is 1. The Morgan fingerprint density at radius 1 is 1.36 bits per heavy atom. The van der Waals surface area contributed by atoms with Crippen molar-refractivity contribution in [1.82, 2.24) is 0 Å². The second kappa shape index (κ2) is 5.65. The molecule has 0 radical (unpaired) electrons. The van der Waals surface area contributed by atoms with E-state index in [1.807, 2.05) is 0 Å². The van der Waals surface area contributed by atoms with Crippen LogP contribution in [0.5, 0.6) is 0 Å². The monoisotopic (exact) mass is 156 g/mol. The lowest BCUT2D eigenvalue weighted by Crippen LogP contribution is -1.97. The van der Waals surface area contributed by atoms with Crippen molar-refractivity contribution in [3.8, 4) is 0 Å². The summed E-state index contributed by atoms with van der Waals surface area (Å²) in [5.74, 6) is -0.855. The number of hydrogen-bond acceptors (Lipinski definition) is 2. The molecule has 0 amide bonds. The minimum absolute atomic E-state index is 0.00579. The van der Waals surface area contributed by atoms with Crippen LogP contribution in [-0.4, -0.2) is 16.9 Å². The van der Waals surface area contributed by atoms with E-state index in [1.54, 1.807) is 13.0 Å². The normalized spacial score (nSPS) is 10.3. The average molecular weight is 156 g/mol. The minimum atomic E-state index is -0.849. The first-order valence-electron chi connectivity index (χ1n) is 3.54. The molecule has 0 aliphatic rings. The Hall–Kier alpha value is -1.12. The first-order chi connectivity index (χ1) is 5.16. The fourth-order valence-electron chi connectivity index (χ4n) is 0.683. The van der Waals surface area contributed by atoms with Crippen molar-refractivity contribution in [3.05, 3.63) is 12.2 Å². The lowest BCUT2D eigenvalue weighted by atomic mass is 10.2. The van der Waals surface area contributed by atoms with Crippen LogP contribution in [0, 0.1) is 0 Å². The molecular weight excluding hydrogens is 144 g/mol. The van der Waals surface area contributed by atoms with Crippen LogP contribution in [0.3, 0.4) is 0 Å². The van der Waals surface area contributed by atoms with E-state index < -0.39 is 5.97 Å². The summed E-state index contributed by atoms with van der Waals surface area (Å²) in [6.45, 7) is 1.76. The predicted molar refractivity (Wildman–Crippen MR) is 41.3 cm³/mol. The van der Waals surface area contributed by atoms with E-state index in [-0.39, 0.29) is 12.2 Å². The molecule has 0 aliphatic heterocycles. The molecule has 1 N–H and O–H groups in total. The molecule has 0 aromatic carbocycles. The third-order valence-electron chi connectivity index (χ3n) is 1.17. The summed E-state index contributed by atoms with van der Waals surface area (Å²) in [6.07, 6.45) is 3.95. The summed E-state index contributed by atoms with van der Waals surface area (Å²) >= 11 is 0. The molecule has 0 bridgehead atoms. The van der Waals surface area contributed by atoms with Crippen molar-refractivity contribution in [3.63, 3.8) is 0 Å². The zero-order valence-corrected chi connectivity index (χ0v) is 6.54. The standard InChI is InChI=1S/C8H12O3/c1-2-4-7(9)5-3-6-8(10)11/h2,4H,3,5-6H2,1H3,(H,10,11).